The van der Waals surface area contributed by atoms with Crippen molar-refractivity contribution in [2.45, 2.75) is 0 Å². The van der Waals surface area contributed by atoms with Crippen LogP contribution in [0, 0.1) is 10.1 Å². The van der Waals surface area contributed by atoms with E-state index < -0.39 is 4.92 Å². The fraction of sp³-hybridized carbons (Fsp3) is 0. The summed E-state index contributed by atoms with van der Waals surface area (Å²) in [6, 6.07) is 11.1. The predicted molar refractivity (Wildman–Crippen MR) is 87.6 cm³/mol. The Labute approximate surface area is 141 Å². The second kappa shape index (κ2) is 6.88. The number of halogens is 1. The summed E-state index contributed by atoms with van der Waals surface area (Å²) in [5.41, 5.74) is 0.627. The summed E-state index contributed by atoms with van der Waals surface area (Å²) in [5.74, 6) is 0.581. The van der Waals surface area contributed by atoms with Crippen LogP contribution in [0.5, 0.6) is 11.5 Å². The standard InChI is InChI=1S/C15H10ClN5O3/c16-12-3-6-15(14(7-12)21(22)23)24-13-4-1-11(2-5-13)8-19-20-9-17-18-10-20/h1-10H/b19-8-. The lowest BCUT2D eigenvalue weighted by atomic mass is 10.2. The number of hydrogen-bond donors (Lipinski definition) is 0. The van der Waals surface area contributed by atoms with E-state index >= 15 is 0 Å². The Morgan fingerprint density at radius 1 is 1.17 bits per heavy atom. The lowest BCUT2D eigenvalue weighted by Crippen LogP contribution is -1.93. The van der Waals surface area contributed by atoms with Gasteiger partial charge < -0.3 is 4.74 Å². The highest BCUT2D eigenvalue weighted by Crippen LogP contribution is 2.33. The monoisotopic (exact) mass is 343 g/mol. The minimum Gasteiger partial charge on any atom is -0.450 e. The first kappa shape index (κ1) is 15.6. The van der Waals surface area contributed by atoms with Crippen molar-refractivity contribution in [1.82, 2.24) is 14.9 Å². The smallest absolute Gasteiger partial charge is 0.313 e. The van der Waals surface area contributed by atoms with E-state index in [1.165, 1.54) is 35.5 Å². The molecule has 2 aromatic carbocycles. The highest BCUT2D eigenvalue weighted by molar-refractivity contribution is 6.30. The van der Waals surface area contributed by atoms with Gasteiger partial charge >= 0.3 is 5.69 Å². The summed E-state index contributed by atoms with van der Waals surface area (Å²) in [6.45, 7) is 0. The molecule has 24 heavy (non-hydrogen) atoms. The molecule has 1 aromatic heterocycles. The van der Waals surface area contributed by atoms with Crippen molar-refractivity contribution in [2.24, 2.45) is 5.10 Å². The molecule has 0 aliphatic carbocycles. The van der Waals surface area contributed by atoms with E-state index in [9.17, 15) is 10.1 Å². The Hall–Kier alpha value is -3.26. The molecule has 0 fully saturated rings. The van der Waals surface area contributed by atoms with E-state index in [1.54, 1.807) is 30.5 Å². The fourth-order valence-electron chi connectivity index (χ4n) is 1.86. The van der Waals surface area contributed by atoms with Gasteiger partial charge in [0, 0.05) is 11.1 Å². The molecule has 120 valence electrons. The molecule has 0 N–H and O–H groups in total. The molecule has 0 atom stereocenters. The van der Waals surface area contributed by atoms with Crippen LogP contribution in [0.4, 0.5) is 5.69 Å². The Balaban J connectivity index is 1.76. The van der Waals surface area contributed by atoms with Crippen molar-refractivity contribution in [3.05, 3.63) is 75.8 Å². The molecule has 3 aromatic rings. The predicted octanol–water partition coefficient (Wildman–Crippen LogP) is 3.51. The molecule has 0 unspecified atom stereocenters. The van der Waals surface area contributed by atoms with Gasteiger partial charge in [0.15, 0.2) is 0 Å². The Morgan fingerprint density at radius 3 is 2.54 bits per heavy atom. The second-order valence-corrected chi connectivity index (χ2v) is 5.06. The summed E-state index contributed by atoms with van der Waals surface area (Å²) < 4.78 is 7.02. The number of rotatable bonds is 5. The Kier molecular flexibility index (Phi) is 4.48. The van der Waals surface area contributed by atoms with E-state index in [1.807, 2.05) is 0 Å². The molecule has 0 aliphatic heterocycles. The maximum atomic E-state index is 11.1. The van der Waals surface area contributed by atoms with Crippen molar-refractivity contribution in [3.63, 3.8) is 0 Å². The van der Waals surface area contributed by atoms with E-state index in [-0.39, 0.29) is 16.5 Å². The zero-order chi connectivity index (χ0) is 16.9. The number of benzene rings is 2. The molecule has 0 saturated heterocycles. The number of nitro groups is 1. The van der Waals surface area contributed by atoms with Crippen LogP contribution >= 0.6 is 11.6 Å². The van der Waals surface area contributed by atoms with Crippen LogP contribution in [0.2, 0.25) is 5.02 Å². The van der Waals surface area contributed by atoms with E-state index in [4.69, 9.17) is 16.3 Å². The van der Waals surface area contributed by atoms with Gasteiger partial charge in [-0.25, -0.2) is 4.68 Å². The van der Waals surface area contributed by atoms with Crippen molar-refractivity contribution < 1.29 is 9.66 Å². The molecule has 3 rings (SSSR count). The minimum atomic E-state index is -0.540. The van der Waals surface area contributed by atoms with E-state index in [0.717, 1.165) is 5.56 Å². The molecular formula is C15H10ClN5O3. The van der Waals surface area contributed by atoms with Gasteiger partial charge in [0.25, 0.3) is 0 Å². The van der Waals surface area contributed by atoms with Crippen LogP contribution in [0.3, 0.4) is 0 Å². The van der Waals surface area contributed by atoms with Gasteiger partial charge in [-0.2, -0.15) is 5.10 Å². The summed E-state index contributed by atoms with van der Waals surface area (Å²) in [6.07, 6.45) is 4.55. The number of ether oxygens (including phenoxy) is 1. The van der Waals surface area contributed by atoms with Crippen LogP contribution in [0.1, 0.15) is 5.56 Å². The normalized spacial score (nSPS) is 10.9. The maximum Gasteiger partial charge on any atom is 0.313 e. The lowest BCUT2D eigenvalue weighted by Gasteiger charge is -2.06. The molecule has 1 heterocycles. The molecule has 9 heteroatoms. The zero-order valence-electron chi connectivity index (χ0n) is 12.1. The molecule has 0 saturated carbocycles. The fourth-order valence-corrected chi connectivity index (χ4v) is 2.02. The first-order valence-electron chi connectivity index (χ1n) is 6.73. The third-order valence-electron chi connectivity index (χ3n) is 2.97. The molecule has 0 bridgehead atoms. The minimum absolute atomic E-state index is 0.121. The van der Waals surface area contributed by atoms with Crippen molar-refractivity contribution >= 4 is 23.5 Å². The number of nitro benzene ring substituents is 1. The average molecular weight is 344 g/mol. The zero-order valence-corrected chi connectivity index (χ0v) is 12.9. The van der Waals surface area contributed by atoms with Gasteiger partial charge in [0.1, 0.15) is 18.4 Å². The first-order valence-corrected chi connectivity index (χ1v) is 7.10. The van der Waals surface area contributed by atoms with Crippen LogP contribution in [0.25, 0.3) is 0 Å². The van der Waals surface area contributed by atoms with Gasteiger partial charge in [0.05, 0.1) is 11.1 Å². The lowest BCUT2D eigenvalue weighted by molar-refractivity contribution is -0.385. The van der Waals surface area contributed by atoms with Crippen LogP contribution in [-0.2, 0) is 0 Å². The molecule has 0 amide bonds. The van der Waals surface area contributed by atoms with Crippen molar-refractivity contribution in [2.75, 3.05) is 0 Å². The highest BCUT2D eigenvalue weighted by atomic mass is 35.5. The number of aromatic nitrogens is 3. The SMILES string of the molecule is O=[N+]([O-])c1cc(Cl)ccc1Oc1ccc(/C=N\n2cnnc2)cc1. The van der Waals surface area contributed by atoms with Crippen LogP contribution < -0.4 is 4.74 Å². The largest absolute Gasteiger partial charge is 0.450 e. The van der Waals surface area contributed by atoms with Gasteiger partial charge in [-0.15, -0.1) is 10.2 Å². The van der Waals surface area contributed by atoms with Gasteiger partial charge in [-0.1, -0.05) is 11.6 Å². The number of nitrogens with zero attached hydrogens (tertiary/aromatic N) is 5. The third kappa shape index (κ3) is 3.73. The Morgan fingerprint density at radius 2 is 1.88 bits per heavy atom. The van der Waals surface area contributed by atoms with Gasteiger partial charge in [0.2, 0.25) is 5.75 Å². The molecule has 0 spiro atoms. The molecule has 0 radical (unpaired) electrons. The van der Waals surface area contributed by atoms with E-state index in [0.29, 0.717) is 5.75 Å². The summed E-state index contributed by atoms with van der Waals surface area (Å²) in [4.78, 5) is 10.5. The average Bonchev–Trinajstić information content (AvgIpc) is 3.09. The topological polar surface area (TPSA) is 95.4 Å². The number of hydrogen-bond acceptors (Lipinski definition) is 6. The highest BCUT2D eigenvalue weighted by Gasteiger charge is 2.16. The third-order valence-corrected chi connectivity index (χ3v) is 3.21. The van der Waals surface area contributed by atoms with E-state index in [2.05, 4.69) is 15.3 Å². The van der Waals surface area contributed by atoms with Crippen molar-refractivity contribution in [3.8, 4) is 11.5 Å². The Bertz CT molecular complexity index is 879. The maximum absolute atomic E-state index is 11.1. The molecular weight excluding hydrogens is 334 g/mol. The van der Waals surface area contributed by atoms with Gasteiger partial charge in [-0.3, -0.25) is 10.1 Å². The molecule has 0 aliphatic rings. The molecule has 8 nitrogen and oxygen atoms in total. The van der Waals surface area contributed by atoms with Crippen LogP contribution in [0.15, 0.2) is 60.2 Å². The quantitative estimate of drug-likeness (QED) is 0.401. The second-order valence-electron chi connectivity index (χ2n) is 4.63. The van der Waals surface area contributed by atoms with Crippen molar-refractivity contribution in [1.29, 1.82) is 0 Å². The summed E-state index contributed by atoms with van der Waals surface area (Å²) in [5, 5.41) is 22.7. The first-order chi connectivity index (χ1) is 11.6. The summed E-state index contributed by atoms with van der Waals surface area (Å²) in [7, 11) is 0. The van der Waals surface area contributed by atoms with Gasteiger partial charge in [-0.05, 0) is 42.0 Å². The summed E-state index contributed by atoms with van der Waals surface area (Å²) >= 11 is 5.78. The van der Waals surface area contributed by atoms with Crippen LogP contribution in [-0.4, -0.2) is 26.0 Å².